The van der Waals surface area contributed by atoms with Gasteiger partial charge in [0.2, 0.25) is 0 Å². The highest BCUT2D eigenvalue weighted by atomic mass is 16.4. The van der Waals surface area contributed by atoms with Crippen LogP contribution >= 0.6 is 0 Å². The van der Waals surface area contributed by atoms with Gasteiger partial charge in [-0.05, 0) is 49.1 Å². The fourth-order valence-corrected chi connectivity index (χ4v) is 2.23. The number of hydrogen-bond donors (Lipinski definition) is 3. The molecule has 1 aromatic rings. The van der Waals surface area contributed by atoms with Gasteiger partial charge in [-0.2, -0.15) is 0 Å². The Morgan fingerprint density at radius 2 is 1.79 bits per heavy atom. The lowest BCUT2D eigenvalue weighted by Gasteiger charge is -2.20. The van der Waals surface area contributed by atoms with Gasteiger partial charge in [0.25, 0.3) is 0 Å². The van der Waals surface area contributed by atoms with Gasteiger partial charge >= 0.3 is 5.97 Å². The molecule has 2 unspecified atom stereocenters. The van der Waals surface area contributed by atoms with Gasteiger partial charge in [0.15, 0.2) is 0 Å². The summed E-state index contributed by atoms with van der Waals surface area (Å²) in [5.74, 6) is -1.59. The summed E-state index contributed by atoms with van der Waals surface area (Å²) < 4.78 is 0. The van der Waals surface area contributed by atoms with Crippen LogP contribution in [0, 0.1) is 19.8 Å². The van der Waals surface area contributed by atoms with E-state index in [1.54, 1.807) is 26.0 Å². The number of phenols is 1. The van der Waals surface area contributed by atoms with Crippen LogP contribution in [0.25, 0.3) is 0 Å². The first-order chi connectivity index (χ1) is 8.88. The molecule has 4 nitrogen and oxygen atoms in total. The zero-order valence-corrected chi connectivity index (χ0v) is 11.7. The number of aliphatic hydroxyl groups excluding tert-OH is 1. The minimum absolute atomic E-state index is 0.191. The zero-order chi connectivity index (χ0) is 14.6. The number of aromatic hydroxyl groups is 1. The molecule has 0 heterocycles. The summed E-state index contributed by atoms with van der Waals surface area (Å²) in [6.45, 7) is 5.46. The second-order valence-corrected chi connectivity index (χ2v) is 5.04. The van der Waals surface area contributed by atoms with Crippen LogP contribution in [0.4, 0.5) is 0 Å². The van der Waals surface area contributed by atoms with Gasteiger partial charge in [0.1, 0.15) is 5.75 Å². The molecule has 0 radical (unpaired) electrons. The molecule has 0 saturated carbocycles. The average Bonchev–Trinajstić information content (AvgIpc) is 2.35. The maximum atomic E-state index is 11.2. The first kappa shape index (κ1) is 15.5. The van der Waals surface area contributed by atoms with Gasteiger partial charge in [0, 0.05) is 0 Å². The van der Waals surface area contributed by atoms with Gasteiger partial charge in [-0.15, -0.1) is 0 Å². The SMILES string of the molecule is CCCCC(C(=O)O)C(O)c1cc(C)c(O)c(C)c1. The third-order valence-corrected chi connectivity index (χ3v) is 3.42. The molecule has 0 aliphatic carbocycles. The molecule has 2 atom stereocenters. The fraction of sp³-hybridized carbons (Fsp3) is 0.533. The Morgan fingerprint density at radius 3 is 2.21 bits per heavy atom. The lowest BCUT2D eigenvalue weighted by Crippen LogP contribution is -2.22. The molecule has 0 saturated heterocycles. The van der Waals surface area contributed by atoms with Crippen LogP contribution in [-0.2, 0) is 4.79 Å². The number of hydrogen-bond acceptors (Lipinski definition) is 3. The van der Waals surface area contributed by atoms with E-state index in [0.29, 0.717) is 23.1 Å². The topological polar surface area (TPSA) is 77.8 Å². The van der Waals surface area contributed by atoms with E-state index in [1.165, 1.54) is 0 Å². The summed E-state index contributed by atoms with van der Waals surface area (Å²) in [6, 6.07) is 3.30. The molecule has 19 heavy (non-hydrogen) atoms. The molecule has 0 aromatic heterocycles. The van der Waals surface area contributed by atoms with Crippen molar-refractivity contribution in [2.24, 2.45) is 5.92 Å². The Kier molecular flexibility index (Phi) is 5.36. The van der Waals surface area contributed by atoms with E-state index in [4.69, 9.17) is 0 Å². The highest BCUT2D eigenvalue weighted by Gasteiger charge is 2.27. The number of carboxylic acid groups (broad SMARTS) is 1. The van der Waals surface area contributed by atoms with Crippen molar-refractivity contribution >= 4 is 5.97 Å². The van der Waals surface area contributed by atoms with Gasteiger partial charge in [-0.1, -0.05) is 19.8 Å². The number of aliphatic carboxylic acids is 1. The maximum absolute atomic E-state index is 11.2. The quantitative estimate of drug-likeness (QED) is 0.739. The standard InChI is InChI=1S/C15H22O4/c1-4-5-6-12(15(18)19)14(17)11-7-9(2)13(16)10(3)8-11/h7-8,12,14,16-17H,4-6H2,1-3H3,(H,18,19). The van der Waals surface area contributed by atoms with Crippen molar-refractivity contribution in [1.29, 1.82) is 0 Å². The highest BCUT2D eigenvalue weighted by molar-refractivity contribution is 5.71. The molecule has 0 aliphatic heterocycles. The van der Waals surface area contributed by atoms with Crippen LogP contribution < -0.4 is 0 Å². The van der Waals surface area contributed by atoms with E-state index in [2.05, 4.69) is 0 Å². The molecular weight excluding hydrogens is 244 g/mol. The molecule has 3 N–H and O–H groups in total. The number of aryl methyl sites for hydroxylation is 2. The summed E-state index contributed by atoms with van der Waals surface area (Å²) in [7, 11) is 0. The van der Waals surface area contributed by atoms with Gasteiger partial charge < -0.3 is 15.3 Å². The van der Waals surface area contributed by atoms with Gasteiger partial charge in [-0.3, -0.25) is 4.79 Å². The number of carbonyl (C=O) groups is 1. The van der Waals surface area contributed by atoms with E-state index in [9.17, 15) is 20.1 Å². The minimum Gasteiger partial charge on any atom is -0.507 e. The summed E-state index contributed by atoms with van der Waals surface area (Å²) in [5, 5.41) is 29.2. The van der Waals surface area contributed by atoms with Crippen LogP contribution in [-0.4, -0.2) is 21.3 Å². The molecule has 4 heteroatoms. The summed E-state index contributed by atoms with van der Waals surface area (Å²) in [4.78, 5) is 11.2. The van der Waals surface area contributed by atoms with Crippen LogP contribution in [0.5, 0.6) is 5.75 Å². The lowest BCUT2D eigenvalue weighted by molar-refractivity contribution is -0.146. The van der Waals surface area contributed by atoms with Crippen molar-refractivity contribution in [3.63, 3.8) is 0 Å². The van der Waals surface area contributed by atoms with Gasteiger partial charge in [0.05, 0.1) is 12.0 Å². The average molecular weight is 266 g/mol. The minimum atomic E-state index is -1.04. The third-order valence-electron chi connectivity index (χ3n) is 3.42. The maximum Gasteiger partial charge on any atom is 0.309 e. The van der Waals surface area contributed by atoms with Gasteiger partial charge in [-0.25, -0.2) is 0 Å². The van der Waals surface area contributed by atoms with Crippen molar-refractivity contribution < 1.29 is 20.1 Å². The molecule has 106 valence electrons. The fourth-order valence-electron chi connectivity index (χ4n) is 2.23. The van der Waals surface area contributed by atoms with Crippen LogP contribution in [0.3, 0.4) is 0 Å². The predicted molar refractivity (Wildman–Crippen MR) is 73.2 cm³/mol. The second kappa shape index (κ2) is 6.57. The van der Waals surface area contributed by atoms with Crippen molar-refractivity contribution in [2.75, 3.05) is 0 Å². The van der Waals surface area contributed by atoms with E-state index in [0.717, 1.165) is 12.8 Å². The molecule has 0 aliphatic rings. The number of phenolic OH excluding ortho intramolecular Hbond substituents is 1. The van der Waals surface area contributed by atoms with E-state index in [-0.39, 0.29) is 5.75 Å². The largest absolute Gasteiger partial charge is 0.507 e. The predicted octanol–water partition coefficient (Wildman–Crippen LogP) is 2.93. The summed E-state index contributed by atoms with van der Waals surface area (Å²) in [6.07, 6.45) is 1.07. The first-order valence-electron chi connectivity index (χ1n) is 6.59. The Morgan fingerprint density at radius 1 is 1.26 bits per heavy atom. The summed E-state index contributed by atoms with van der Waals surface area (Å²) >= 11 is 0. The zero-order valence-electron chi connectivity index (χ0n) is 11.7. The summed E-state index contributed by atoms with van der Waals surface area (Å²) in [5.41, 5.74) is 1.85. The highest BCUT2D eigenvalue weighted by Crippen LogP contribution is 2.31. The van der Waals surface area contributed by atoms with Crippen LogP contribution in [0.15, 0.2) is 12.1 Å². The van der Waals surface area contributed by atoms with Crippen molar-refractivity contribution in [1.82, 2.24) is 0 Å². The molecule has 0 bridgehead atoms. The number of rotatable bonds is 6. The molecule has 1 rings (SSSR count). The molecule has 0 spiro atoms. The molecule has 0 amide bonds. The number of carboxylic acids is 1. The van der Waals surface area contributed by atoms with Crippen LogP contribution in [0.1, 0.15) is 49.0 Å². The van der Waals surface area contributed by atoms with E-state index >= 15 is 0 Å². The second-order valence-electron chi connectivity index (χ2n) is 5.04. The smallest absolute Gasteiger partial charge is 0.309 e. The molecule has 1 aromatic carbocycles. The normalized spacial score (nSPS) is 14.1. The Balaban J connectivity index is 3.02. The molecule has 0 fully saturated rings. The Labute approximate surface area is 113 Å². The first-order valence-corrected chi connectivity index (χ1v) is 6.59. The third kappa shape index (κ3) is 3.70. The van der Waals surface area contributed by atoms with E-state index in [1.807, 2.05) is 6.92 Å². The monoisotopic (exact) mass is 266 g/mol. The number of unbranched alkanes of at least 4 members (excludes halogenated alkanes) is 1. The number of benzene rings is 1. The Hall–Kier alpha value is -1.55. The van der Waals surface area contributed by atoms with E-state index < -0.39 is 18.0 Å². The van der Waals surface area contributed by atoms with Crippen molar-refractivity contribution in [3.05, 3.63) is 28.8 Å². The lowest BCUT2D eigenvalue weighted by atomic mass is 9.89. The van der Waals surface area contributed by atoms with Crippen molar-refractivity contribution in [3.8, 4) is 5.75 Å². The Bertz CT molecular complexity index is 430. The van der Waals surface area contributed by atoms with Crippen molar-refractivity contribution in [2.45, 2.75) is 46.1 Å². The van der Waals surface area contributed by atoms with Crippen LogP contribution in [0.2, 0.25) is 0 Å². The molecular formula is C15H22O4. The number of aliphatic hydroxyl groups is 1.